The number of carbonyl (C=O) groups is 2. The number of benzene rings is 1. The van der Waals surface area contributed by atoms with Crippen LogP contribution in [-0.2, 0) is 6.54 Å². The lowest BCUT2D eigenvalue weighted by Gasteiger charge is -2.34. The lowest BCUT2D eigenvalue weighted by atomic mass is 10.1. The predicted octanol–water partition coefficient (Wildman–Crippen LogP) is 2.11. The van der Waals surface area contributed by atoms with Crippen LogP contribution in [0.4, 0.5) is 0 Å². The van der Waals surface area contributed by atoms with Gasteiger partial charge in [0.15, 0.2) is 0 Å². The van der Waals surface area contributed by atoms with E-state index in [4.69, 9.17) is 0 Å². The molecule has 0 spiro atoms. The van der Waals surface area contributed by atoms with Crippen molar-refractivity contribution in [2.45, 2.75) is 19.5 Å². The molecule has 2 aromatic rings. The van der Waals surface area contributed by atoms with Crippen LogP contribution in [0.25, 0.3) is 0 Å². The quantitative estimate of drug-likeness (QED) is 0.894. The van der Waals surface area contributed by atoms with Crippen molar-refractivity contribution in [2.24, 2.45) is 0 Å². The summed E-state index contributed by atoms with van der Waals surface area (Å²) in [5.74, 6) is -0.00188. The smallest absolute Gasteiger partial charge is 0.261 e. The van der Waals surface area contributed by atoms with E-state index in [-0.39, 0.29) is 17.9 Å². The summed E-state index contributed by atoms with van der Waals surface area (Å²) >= 11 is 1.42. The summed E-state index contributed by atoms with van der Waals surface area (Å²) in [5, 5.41) is 8.06. The molecule has 2 N–H and O–H groups in total. The molecular weight excluding hydrogens is 322 g/mol. The molecular formula is C18H21N3O2S. The molecule has 0 radical (unpaired) electrons. The average molecular weight is 343 g/mol. The first kappa shape index (κ1) is 16.7. The molecule has 0 aliphatic carbocycles. The van der Waals surface area contributed by atoms with Gasteiger partial charge in [0.1, 0.15) is 0 Å². The number of hydrogen-bond acceptors (Lipinski definition) is 4. The van der Waals surface area contributed by atoms with Crippen LogP contribution < -0.4 is 10.6 Å². The standard InChI is InChI=1S/C18H21N3O2S/c1-13-11-19-8-9-21(13)18(23)15-6-4-14(5-7-15)12-20-17(22)16-3-2-10-24-16/h2-7,10,13,19H,8-9,11-12H2,1H3,(H,20,22). The first-order valence-electron chi connectivity index (χ1n) is 8.07. The highest BCUT2D eigenvalue weighted by Crippen LogP contribution is 2.12. The van der Waals surface area contributed by atoms with Crippen molar-refractivity contribution in [1.82, 2.24) is 15.5 Å². The van der Waals surface area contributed by atoms with Crippen molar-refractivity contribution >= 4 is 23.2 Å². The maximum absolute atomic E-state index is 12.6. The summed E-state index contributed by atoms with van der Waals surface area (Å²) in [6.45, 7) is 4.91. The second kappa shape index (κ2) is 7.59. The van der Waals surface area contributed by atoms with E-state index in [1.165, 1.54) is 11.3 Å². The van der Waals surface area contributed by atoms with Crippen molar-refractivity contribution < 1.29 is 9.59 Å². The monoisotopic (exact) mass is 343 g/mol. The highest BCUT2D eigenvalue weighted by Gasteiger charge is 2.23. The number of thiophene rings is 1. The third-order valence-corrected chi connectivity index (χ3v) is 5.03. The highest BCUT2D eigenvalue weighted by molar-refractivity contribution is 7.12. The minimum absolute atomic E-state index is 0.0678. The van der Waals surface area contributed by atoms with Crippen molar-refractivity contribution in [1.29, 1.82) is 0 Å². The van der Waals surface area contributed by atoms with E-state index in [9.17, 15) is 9.59 Å². The van der Waals surface area contributed by atoms with Crippen molar-refractivity contribution in [2.75, 3.05) is 19.6 Å². The van der Waals surface area contributed by atoms with Crippen LogP contribution in [-0.4, -0.2) is 42.4 Å². The summed E-state index contributed by atoms with van der Waals surface area (Å²) in [4.78, 5) is 27.1. The van der Waals surface area contributed by atoms with E-state index in [1.807, 2.05) is 40.6 Å². The molecule has 1 saturated heterocycles. The van der Waals surface area contributed by atoms with Crippen molar-refractivity contribution in [3.8, 4) is 0 Å². The van der Waals surface area contributed by atoms with Gasteiger partial charge in [-0.1, -0.05) is 18.2 Å². The molecule has 24 heavy (non-hydrogen) atoms. The summed E-state index contributed by atoms with van der Waals surface area (Å²) in [6.07, 6.45) is 0. The molecule has 2 amide bonds. The highest BCUT2D eigenvalue weighted by atomic mass is 32.1. The molecule has 1 aliphatic heterocycles. The molecule has 1 unspecified atom stereocenters. The van der Waals surface area contributed by atoms with E-state index in [2.05, 4.69) is 17.6 Å². The van der Waals surface area contributed by atoms with Gasteiger partial charge in [-0.25, -0.2) is 0 Å². The van der Waals surface area contributed by atoms with E-state index < -0.39 is 0 Å². The zero-order chi connectivity index (χ0) is 16.9. The fraction of sp³-hybridized carbons (Fsp3) is 0.333. The van der Waals surface area contributed by atoms with Gasteiger partial charge in [-0.3, -0.25) is 9.59 Å². The largest absolute Gasteiger partial charge is 0.347 e. The topological polar surface area (TPSA) is 61.4 Å². The molecule has 3 rings (SSSR count). The summed E-state index contributed by atoms with van der Waals surface area (Å²) in [6, 6.07) is 11.3. The minimum atomic E-state index is -0.0696. The molecule has 1 aromatic carbocycles. The van der Waals surface area contributed by atoms with Crippen LogP contribution in [0, 0.1) is 0 Å². The maximum Gasteiger partial charge on any atom is 0.261 e. The second-order valence-electron chi connectivity index (χ2n) is 5.91. The third kappa shape index (κ3) is 3.83. The van der Waals surface area contributed by atoms with Crippen LogP contribution in [0.2, 0.25) is 0 Å². The molecule has 1 fully saturated rings. The van der Waals surface area contributed by atoms with Gasteiger partial charge in [-0.05, 0) is 36.1 Å². The number of rotatable bonds is 4. The zero-order valence-electron chi connectivity index (χ0n) is 13.6. The maximum atomic E-state index is 12.6. The SMILES string of the molecule is CC1CNCCN1C(=O)c1ccc(CNC(=O)c2cccs2)cc1. The van der Waals surface area contributed by atoms with Crippen LogP contribution in [0.15, 0.2) is 41.8 Å². The Morgan fingerprint density at radius 2 is 2.08 bits per heavy atom. The Labute approximate surface area is 145 Å². The molecule has 126 valence electrons. The Hall–Kier alpha value is -2.18. The van der Waals surface area contributed by atoms with Gasteiger partial charge in [0.25, 0.3) is 11.8 Å². The molecule has 1 aliphatic rings. The fourth-order valence-electron chi connectivity index (χ4n) is 2.75. The van der Waals surface area contributed by atoms with Gasteiger partial charge in [0.2, 0.25) is 0 Å². The Morgan fingerprint density at radius 1 is 1.29 bits per heavy atom. The zero-order valence-corrected chi connectivity index (χ0v) is 14.4. The van der Waals surface area contributed by atoms with Crippen molar-refractivity contribution in [3.05, 3.63) is 57.8 Å². The normalized spacial score (nSPS) is 17.5. The van der Waals surface area contributed by atoms with E-state index in [1.54, 1.807) is 6.07 Å². The first-order valence-corrected chi connectivity index (χ1v) is 8.95. The van der Waals surface area contributed by atoms with E-state index >= 15 is 0 Å². The fourth-order valence-corrected chi connectivity index (χ4v) is 3.39. The summed E-state index contributed by atoms with van der Waals surface area (Å²) in [7, 11) is 0. The number of hydrogen-bond donors (Lipinski definition) is 2. The number of piperazine rings is 1. The molecule has 6 heteroatoms. The third-order valence-electron chi connectivity index (χ3n) is 4.16. The summed E-state index contributed by atoms with van der Waals surface area (Å²) < 4.78 is 0. The number of nitrogens with zero attached hydrogens (tertiary/aromatic N) is 1. The minimum Gasteiger partial charge on any atom is -0.347 e. The Kier molecular flexibility index (Phi) is 5.27. The summed E-state index contributed by atoms with van der Waals surface area (Å²) in [5.41, 5.74) is 1.67. The van der Waals surface area contributed by atoms with Gasteiger partial charge in [-0.2, -0.15) is 0 Å². The second-order valence-corrected chi connectivity index (χ2v) is 6.86. The van der Waals surface area contributed by atoms with Gasteiger partial charge in [0, 0.05) is 37.8 Å². The van der Waals surface area contributed by atoms with Crippen LogP contribution in [0.3, 0.4) is 0 Å². The average Bonchev–Trinajstić information content (AvgIpc) is 3.15. The molecule has 2 heterocycles. The molecule has 5 nitrogen and oxygen atoms in total. The van der Waals surface area contributed by atoms with Crippen LogP contribution in [0.1, 0.15) is 32.5 Å². The van der Waals surface area contributed by atoms with Crippen LogP contribution in [0.5, 0.6) is 0 Å². The molecule has 1 atom stereocenters. The van der Waals surface area contributed by atoms with Gasteiger partial charge in [-0.15, -0.1) is 11.3 Å². The number of amides is 2. The van der Waals surface area contributed by atoms with E-state index in [0.29, 0.717) is 17.0 Å². The first-order chi connectivity index (χ1) is 11.6. The lowest BCUT2D eigenvalue weighted by molar-refractivity contribution is 0.0655. The predicted molar refractivity (Wildman–Crippen MR) is 95.3 cm³/mol. The van der Waals surface area contributed by atoms with Gasteiger partial charge in [0.05, 0.1) is 4.88 Å². The molecule has 0 bridgehead atoms. The molecule has 1 aromatic heterocycles. The van der Waals surface area contributed by atoms with E-state index in [0.717, 1.165) is 25.2 Å². The Bertz CT molecular complexity index is 698. The number of nitrogens with one attached hydrogen (secondary N) is 2. The van der Waals surface area contributed by atoms with Gasteiger partial charge < -0.3 is 15.5 Å². The van der Waals surface area contributed by atoms with Gasteiger partial charge >= 0.3 is 0 Å². The van der Waals surface area contributed by atoms with Crippen LogP contribution >= 0.6 is 11.3 Å². The van der Waals surface area contributed by atoms with Crippen molar-refractivity contribution in [3.63, 3.8) is 0 Å². The lowest BCUT2D eigenvalue weighted by Crippen LogP contribution is -2.52. The molecule has 0 saturated carbocycles. The Balaban J connectivity index is 1.58. The number of carbonyl (C=O) groups excluding carboxylic acids is 2. The Morgan fingerprint density at radius 3 is 2.75 bits per heavy atom.